The number of aliphatic carboxylic acids is 1. The lowest BCUT2D eigenvalue weighted by Gasteiger charge is -2.56. The number of carboxylic acid groups (broad SMARTS) is 1. The minimum atomic E-state index is -0.808. The van der Waals surface area contributed by atoms with Crippen LogP contribution in [0.25, 0.3) is 10.9 Å². The molecule has 1 atom stereocenters. The summed E-state index contributed by atoms with van der Waals surface area (Å²) < 4.78 is 0. The molecule has 4 aliphatic carbocycles. The van der Waals surface area contributed by atoms with E-state index in [0.717, 1.165) is 46.6 Å². The molecule has 4 N–H and O–H groups in total. The molecular formula is C28H38N4O3. The molecule has 1 heterocycles. The first kappa shape index (κ1) is 24.0. The van der Waals surface area contributed by atoms with Crippen LogP contribution in [0, 0.1) is 23.2 Å². The minimum Gasteiger partial charge on any atom is -0.480 e. The van der Waals surface area contributed by atoms with Crippen LogP contribution in [0.2, 0.25) is 0 Å². The molecule has 4 fully saturated rings. The number of carboxylic acids is 1. The first-order valence-corrected chi connectivity index (χ1v) is 13.3. The number of hydrogen-bond acceptors (Lipinski definition) is 5. The molecular weight excluding hydrogens is 440 g/mol. The standard InChI is InChI=1S/C28H38N4O3/c1-2-22(27(34)35)29-9-4-10-30-25-8-7-21-23(31-25)5-3-6-24(21)32-26(33)17-28-14-18-11-19(15-28)13-20(12-18)16-28/h3,5-8,18-20,22,29H,2,4,9-17H2,1H3,(H,30,31)(H,32,33)(H,34,35). The molecule has 35 heavy (non-hydrogen) atoms. The largest absolute Gasteiger partial charge is 0.480 e. The molecule has 2 aromatic rings. The lowest BCUT2D eigenvalue weighted by Crippen LogP contribution is -2.47. The third-order valence-corrected chi connectivity index (χ3v) is 8.46. The molecule has 4 aliphatic rings. The van der Waals surface area contributed by atoms with E-state index in [4.69, 9.17) is 10.1 Å². The maximum atomic E-state index is 13.1. The Labute approximate surface area is 207 Å². The van der Waals surface area contributed by atoms with Crippen LogP contribution in [0.15, 0.2) is 30.3 Å². The quantitative estimate of drug-likeness (QED) is 0.338. The second-order valence-electron chi connectivity index (χ2n) is 11.2. The molecule has 6 rings (SSSR count). The van der Waals surface area contributed by atoms with Crippen LogP contribution in [0.3, 0.4) is 0 Å². The number of aromatic nitrogens is 1. The van der Waals surface area contributed by atoms with E-state index < -0.39 is 12.0 Å². The van der Waals surface area contributed by atoms with Crippen molar-refractivity contribution in [2.45, 2.75) is 70.8 Å². The third kappa shape index (κ3) is 5.45. The smallest absolute Gasteiger partial charge is 0.320 e. The Balaban J connectivity index is 1.16. The number of hydrogen-bond donors (Lipinski definition) is 4. The van der Waals surface area contributed by atoms with Gasteiger partial charge in [-0.05, 0) is 105 Å². The fraction of sp³-hybridized carbons (Fsp3) is 0.607. The third-order valence-electron chi connectivity index (χ3n) is 8.46. The Morgan fingerprint density at radius 3 is 2.43 bits per heavy atom. The van der Waals surface area contributed by atoms with Gasteiger partial charge < -0.3 is 21.1 Å². The van der Waals surface area contributed by atoms with Crippen molar-refractivity contribution in [2.24, 2.45) is 23.2 Å². The summed E-state index contributed by atoms with van der Waals surface area (Å²) in [6, 6.07) is 9.34. The zero-order valence-corrected chi connectivity index (χ0v) is 20.7. The van der Waals surface area contributed by atoms with Gasteiger partial charge in [0.05, 0.1) is 11.2 Å². The Morgan fingerprint density at radius 1 is 1.06 bits per heavy atom. The fourth-order valence-electron chi connectivity index (χ4n) is 7.39. The van der Waals surface area contributed by atoms with Gasteiger partial charge in [0, 0.05) is 18.4 Å². The molecule has 1 aromatic carbocycles. The van der Waals surface area contributed by atoms with Gasteiger partial charge in [-0.1, -0.05) is 13.0 Å². The van der Waals surface area contributed by atoms with Crippen molar-refractivity contribution in [3.05, 3.63) is 30.3 Å². The van der Waals surface area contributed by atoms with Gasteiger partial charge in [0.25, 0.3) is 0 Å². The van der Waals surface area contributed by atoms with Gasteiger partial charge in [-0.15, -0.1) is 0 Å². The monoisotopic (exact) mass is 478 g/mol. The summed E-state index contributed by atoms with van der Waals surface area (Å²) in [7, 11) is 0. The van der Waals surface area contributed by atoms with E-state index in [1.807, 2.05) is 37.3 Å². The number of amides is 1. The number of fused-ring (bicyclic) bond motifs is 1. The lowest BCUT2D eigenvalue weighted by molar-refractivity contribution is -0.139. The zero-order chi connectivity index (χ0) is 24.4. The average molecular weight is 479 g/mol. The number of nitrogens with one attached hydrogen (secondary N) is 3. The van der Waals surface area contributed by atoms with Crippen molar-refractivity contribution in [2.75, 3.05) is 23.7 Å². The number of nitrogens with zero attached hydrogens (tertiary/aromatic N) is 1. The van der Waals surface area contributed by atoms with Crippen LogP contribution < -0.4 is 16.0 Å². The molecule has 1 amide bonds. The predicted octanol–water partition coefficient (Wildman–Crippen LogP) is 5.03. The van der Waals surface area contributed by atoms with Crippen molar-refractivity contribution in [3.8, 4) is 0 Å². The number of carbonyl (C=O) groups excluding carboxylic acids is 1. The van der Waals surface area contributed by atoms with E-state index >= 15 is 0 Å². The molecule has 188 valence electrons. The van der Waals surface area contributed by atoms with Crippen LogP contribution in [0.4, 0.5) is 11.5 Å². The number of pyridine rings is 1. The maximum absolute atomic E-state index is 13.1. The molecule has 0 spiro atoms. The highest BCUT2D eigenvalue weighted by Crippen LogP contribution is 2.61. The lowest BCUT2D eigenvalue weighted by atomic mass is 9.49. The molecule has 1 unspecified atom stereocenters. The molecule has 0 radical (unpaired) electrons. The van der Waals surface area contributed by atoms with Crippen LogP contribution >= 0.6 is 0 Å². The van der Waals surface area contributed by atoms with Crippen molar-refractivity contribution in [1.29, 1.82) is 0 Å². The molecule has 0 saturated heterocycles. The second kappa shape index (κ2) is 10.1. The van der Waals surface area contributed by atoms with E-state index in [2.05, 4.69) is 16.0 Å². The summed E-state index contributed by atoms with van der Waals surface area (Å²) in [5.74, 6) is 2.66. The van der Waals surface area contributed by atoms with E-state index in [1.54, 1.807) is 0 Å². The van der Waals surface area contributed by atoms with Crippen LogP contribution in [0.5, 0.6) is 0 Å². The summed E-state index contributed by atoms with van der Waals surface area (Å²) in [5, 5.41) is 19.6. The minimum absolute atomic E-state index is 0.140. The molecule has 7 nitrogen and oxygen atoms in total. The fourth-order valence-corrected chi connectivity index (χ4v) is 7.39. The van der Waals surface area contributed by atoms with E-state index in [1.165, 1.54) is 38.5 Å². The van der Waals surface area contributed by atoms with Gasteiger partial charge in [-0.25, -0.2) is 4.98 Å². The summed E-state index contributed by atoms with van der Waals surface area (Å²) in [4.78, 5) is 28.9. The second-order valence-corrected chi connectivity index (χ2v) is 11.2. The van der Waals surface area contributed by atoms with Gasteiger partial charge in [0.1, 0.15) is 11.9 Å². The SMILES string of the molecule is CCC(NCCCNc1ccc2c(NC(=O)CC34CC5CC(CC(C5)C3)C4)cccc2n1)C(=O)O. The van der Waals surface area contributed by atoms with Crippen LogP contribution in [-0.4, -0.2) is 41.1 Å². The van der Waals surface area contributed by atoms with Gasteiger partial charge in [-0.2, -0.15) is 0 Å². The van der Waals surface area contributed by atoms with Crippen molar-refractivity contribution >= 4 is 34.3 Å². The summed E-state index contributed by atoms with van der Waals surface area (Å²) in [6.07, 6.45) is 9.91. The van der Waals surface area contributed by atoms with E-state index in [9.17, 15) is 9.59 Å². The Hall–Kier alpha value is -2.67. The Bertz CT molecular complexity index is 1050. The molecule has 0 aliphatic heterocycles. The number of benzene rings is 1. The molecule has 4 bridgehead atoms. The highest BCUT2D eigenvalue weighted by molar-refractivity contribution is 6.01. The van der Waals surface area contributed by atoms with Gasteiger partial charge in [-0.3, -0.25) is 9.59 Å². The van der Waals surface area contributed by atoms with Crippen LogP contribution in [-0.2, 0) is 9.59 Å². The number of rotatable bonds is 11. The maximum Gasteiger partial charge on any atom is 0.320 e. The Kier molecular flexibility index (Phi) is 6.96. The highest BCUT2D eigenvalue weighted by atomic mass is 16.4. The molecule has 4 saturated carbocycles. The first-order chi connectivity index (χ1) is 16.9. The van der Waals surface area contributed by atoms with Crippen molar-refractivity contribution in [1.82, 2.24) is 10.3 Å². The molecule has 1 aromatic heterocycles. The first-order valence-electron chi connectivity index (χ1n) is 13.3. The zero-order valence-electron chi connectivity index (χ0n) is 20.7. The summed E-state index contributed by atoms with van der Waals surface area (Å²) >= 11 is 0. The average Bonchev–Trinajstić information content (AvgIpc) is 2.80. The molecule has 7 heteroatoms. The predicted molar refractivity (Wildman–Crippen MR) is 138 cm³/mol. The normalized spacial score (nSPS) is 27.6. The highest BCUT2D eigenvalue weighted by Gasteiger charge is 2.51. The summed E-state index contributed by atoms with van der Waals surface area (Å²) in [6.45, 7) is 3.19. The summed E-state index contributed by atoms with van der Waals surface area (Å²) in [5.41, 5.74) is 1.91. The number of anilines is 2. The van der Waals surface area contributed by atoms with Gasteiger partial charge in [0.15, 0.2) is 0 Å². The topological polar surface area (TPSA) is 103 Å². The van der Waals surface area contributed by atoms with Crippen molar-refractivity contribution < 1.29 is 14.7 Å². The van der Waals surface area contributed by atoms with Gasteiger partial charge >= 0.3 is 5.97 Å². The number of carbonyl (C=O) groups is 2. The van der Waals surface area contributed by atoms with E-state index in [-0.39, 0.29) is 11.3 Å². The van der Waals surface area contributed by atoms with E-state index in [0.29, 0.717) is 25.9 Å². The van der Waals surface area contributed by atoms with Gasteiger partial charge in [0.2, 0.25) is 5.91 Å². The van der Waals surface area contributed by atoms with Crippen molar-refractivity contribution in [3.63, 3.8) is 0 Å². The van der Waals surface area contributed by atoms with Crippen LogP contribution in [0.1, 0.15) is 64.7 Å². The Morgan fingerprint density at radius 2 is 1.77 bits per heavy atom.